The van der Waals surface area contributed by atoms with Crippen molar-refractivity contribution in [3.05, 3.63) is 52.0 Å². The van der Waals surface area contributed by atoms with Gasteiger partial charge in [0.2, 0.25) is 0 Å². The van der Waals surface area contributed by atoms with E-state index in [1.807, 2.05) is 0 Å². The first-order chi connectivity index (χ1) is 8.58. The van der Waals surface area contributed by atoms with Crippen LogP contribution in [0.3, 0.4) is 0 Å². The average molecular weight is 312 g/mol. The molecule has 0 aliphatic carbocycles. The third kappa shape index (κ3) is 2.76. The van der Waals surface area contributed by atoms with Gasteiger partial charge in [-0.2, -0.15) is 5.10 Å². The maximum absolute atomic E-state index is 13.3. The highest BCUT2D eigenvalue weighted by Gasteiger charge is 2.12. The summed E-state index contributed by atoms with van der Waals surface area (Å²) < 4.78 is 15.1. The SMILES string of the molecule is Cn1cc(CNC(=O)c2cccc(F)c2Br)cn1. The number of benzene rings is 1. The van der Waals surface area contributed by atoms with Gasteiger partial charge in [0.25, 0.3) is 5.91 Å². The van der Waals surface area contributed by atoms with Crippen LogP contribution in [-0.4, -0.2) is 15.7 Å². The second kappa shape index (κ2) is 5.30. The van der Waals surface area contributed by atoms with E-state index in [4.69, 9.17) is 0 Å². The molecule has 0 radical (unpaired) electrons. The molecule has 0 unspecified atom stereocenters. The van der Waals surface area contributed by atoms with E-state index in [1.54, 1.807) is 30.2 Å². The molecule has 6 heteroatoms. The third-order valence-electron chi connectivity index (χ3n) is 2.41. The first-order valence-corrected chi connectivity index (χ1v) is 6.07. The molecule has 0 aliphatic heterocycles. The van der Waals surface area contributed by atoms with Crippen molar-refractivity contribution in [3.8, 4) is 0 Å². The van der Waals surface area contributed by atoms with E-state index in [-0.39, 0.29) is 15.9 Å². The van der Waals surface area contributed by atoms with Crippen molar-refractivity contribution >= 4 is 21.8 Å². The van der Waals surface area contributed by atoms with Crippen LogP contribution in [0.1, 0.15) is 15.9 Å². The molecule has 94 valence electrons. The van der Waals surface area contributed by atoms with Crippen LogP contribution in [0.25, 0.3) is 0 Å². The van der Waals surface area contributed by atoms with E-state index in [0.29, 0.717) is 6.54 Å². The van der Waals surface area contributed by atoms with E-state index in [1.165, 1.54) is 12.1 Å². The maximum Gasteiger partial charge on any atom is 0.252 e. The Morgan fingerprint density at radius 2 is 2.33 bits per heavy atom. The number of nitrogens with zero attached hydrogens (tertiary/aromatic N) is 2. The summed E-state index contributed by atoms with van der Waals surface area (Å²) >= 11 is 3.06. The maximum atomic E-state index is 13.3. The van der Waals surface area contributed by atoms with Crippen LogP contribution < -0.4 is 5.32 Å². The van der Waals surface area contributed by atoms with Crippen molar-refractivity contribution in [3.63, 3.8) is 0 Å². The van der Waals surface area contributed by atoms with Gasteiger partial charge < -0.3 is 5.32 Å². The lowest BCUT2D eigenvalue weighted by molar-refractivity contribution is 0.0949. The lowest BCUT2D eigenvalue weighted by Gasteiger charge is -2.06. The summed E-state index contributed by atoms with van der Waals surface area (Å²) in [5.41, 5.74) is 1.16. The predicted molar refractivity (Wildman–Crippen MR) is 68.5 cm³/mol. The molecule has 0 spiro atoms. The highest BCUT2D eigenvalue weighted by molar-refractivity contribution is 9.10. The van der Waals surface area contributed by atoms with Crippen molar-refractivity contribution in [2.75, 3.05) is 0 Å². The molecular weight excluding hydrogens is 301 g/mol. The van der Waals surface area contributed by atoms with Crippen LogP contribution in [0.4, 0.5) is 4.39 Å². The number of hydrogen-bond acceptors (Lipinski definition) is 2. The van der Waals surface area contributed by atoms with Crippen LogP contribution in [0, 0.1) is 5.82 Å². The topological polar surface area (TPSA) is 46.9 Å². The monoisotopic (exact) mass is 311 g/mol. The summed E-state index contributed by atoms with van der Waals surface area (Å²) in [5.74, 6) is -0.783. The lowest BCUT2D eigenvalue weighted by Crippen LogP contribution is -2.23. The second-order valence-corrected chi connectivity index (χ2v) is 4.60. The third-order valence-corrected chi connectivity index (χ3v) is 3.21. The quantitative estimate of drug-likeness (QED) is 0.945. The Morgan fingerprint density at radius 1 is 1.56 bits per heavy atom. The number of amides is 1. The molecule has 1 aromatic carbocycles. The minimum Gasteiger partial charge on any atom is -0.348 e. The van der Waals surface area contributed by atoms with Crippen molar-refractivity contribution in [2.45, 2.75) is 6.54 Å². The molecule has 0 bridgehead atoms. The molecule has 1 N–H and O–H groups in total. The highest BCUT2D eigenvalue weighted by Crippen LogP contribution is 2.20. The van der Waals surface area contributed by atoms with Gasteiger partial charge in [0.1, 0.15) is 5.82 Å². The second-order valence-electron chi connectivity index (χ2n) is 3.81. The average Bonchev–Trinajstić information content (AvgIpc) is 2.76. The largest absolute Gasteiger partial charge is 0.348 e. The molecule has 0 aliphatic rings. The van der Waals surface area contributed by atoms with Gasteiger partial charge in [-0.1, -0.05) is 6.07 Å². The zero-order chi connectivity index (χ0) is 13.1. The summed E-state index contributed by atoms with van der Waals surface area (Å²) in [6, 6.07) is 4.35. The summed E-state index contributed by atoms with van der Waals surface area (Å²) in [6.45, 7) is 0.357. The summed E-state index contributed by atoms with van der Waals surface area (Å²) in [4.78, 5) is 11.9. The normalized spacial score (nSPS) is 10.4. The molecule has 1 amide bonds. The standard InChI is InChI=1S/C12H11BrFN3O/c1-17-7-8(6-16-17)5-15-12(18)9-3-2-4-10(14)11(9)13/h2-4,6-7H,5H2,1H3,(H,15,18). The minimum atomic E-state index is -0.455. The molecular formula is C12H11BrFN3O. The molecule has 0 saturated carbocycles. The van der Waals surface area contributed by atoms with Gasteiger partial charge in [-0.15, -0.1) is 0 Å². The molecule has 0 saturated heterocycles. The minimum absolute atomic E-state index is 0.175. The first-order valence-electron chi connectivity index (χ1n) is 5.27. The number of hydrogen-bond donors (Lipinski definition) is 1. The number of aromatic nitrogens is 2. The van der Waals surface area contributed by atoms with Gasteiger partial charge in [-0.3, -0.25) is 9.48 Å². The molecule has 0 fully saturated rings. The highest BCUT2D eigenvalue weighted by atomic mass is 79.9. The van der Waals surface area contributed by atoms with Crippen LogP contribution in [0.5, 0.6) is 0 Å². The zero-order valence-corrected chi connectivity index (χ0v) is 11.2. The van der Waals surface area contributed by atoms with Crippen molar-refractivity contribution in [1.29, 1.82) is 0 Å². The summed E-state index contributed by atoms with van der Waals surface area (Å²) in [7, 11) is 1.80. The smallest absolute Gasteiger partial charge is 0.252 e. The molecule has 1 aromatic heterocycles. The molecule has 18 heavy (non-hydrogen) atoms. The summed E-state index contributed by atoms with van der Waals surface area (Å²) in [5, 5.41) is 6.70. The van der Waals surface area contributed by atoms with Gasteiger partial charge >= 0.3 is 0 Å². The molecule has 2 aromatic rings. The predicted octanol–water partition coefficient (Wildman–Crippen LogP) is 2.25. The van der Waals surface area contributed by atoms with Gasteiger partial charge in [-0.05, 0) is 28.1 Å². The van der Waals surface area contributed by atoms with E-state index >= 15 is 0 Å². The Labute approximate surface area is 112 Å². The Bertz CT molecular complexity index is 582. The number of carbonyl (C=O) groups excluding carboxylic acids is 1. The Morgan fingerprint density at radius 3 is 3.00 bits per heavy atom. The van der Waals surface area contributed by atoms with Crippen molar-refractivity contribution in [2.24, 2.45) is 7.05 Å². The Hall–Kier alpha value is -1.69. The van der Waals surface area contributed by atoms with Crippen LogP contribution >= 0.6 is 15.9 Å². The molecule has 4 nitrogen and oxygen atoms in total. The molecule has 1 heterocycles. The number of carbonyl (C=O) groups is 1. The lowest BCUT2D eigenvalue weighted by atomic mass is 10.2. The first kappa shape index (κ1) is 12.8. The van der Waals surface area contributed by atoms with Crippen molar-refractivity contribution < 1.29 is 9.18 Å². The van der Waals surface area contributed by atoms with Crippen molar-refractivity contribution in [1.82, 2.24) is 15.1 Å². The fourth-order valence-corrected chi connectivity index (χ4v) is 1.96. The fourth-order valence-electron chi connectivity index (χ4n) is 1.52. The van der Waals surface area contributed by atoms with Crippen LogP contribution in [-0.2, 0) is 13.6 Å². The van der Waals surface area contributed by atoms with E-state index in [0.717, 1.165) is 5.56 Å². The van der Waals surface area contributed by atoms with E-state index in [9.17, 15) is 9.18 Å². The number of halogens is 2. The van der Waals surface area contributed by atoms with E-state index < -0.39 is 5.82 Å². The molecule has 0 atom stereocenters. The van der Waals surface area contributed by atoms with Crippen LogP contribution in [0.15, 0.2) is 35.1 Å². The Balaban J connectivity index is 2.06. The van der Waals surface area contributed by atoms with E-state index in [2.05, 4.69) is 26.3 Å². The Kier molecular flexibility index (Phi) is 3.76. The van der Waals surface area contributed by atoms with Gasteiger partial charge in [0.05, 0.1) is 16.2 Å². The zero-order valence-electron chi connectivity index (χ0n) is 9.65. The van der Waals surface area contributed by atoms with Gasteiger partial charge in [0.15, 0.2) is 0 Å². The number of aryl methyl sites for hydroxylation is 1. The fraction of sp³-hybridized carbons (Fsp3) is 0.167. The number of rotatable bonds is 3. The molecule has 2 rings (SSSR count). The van der Waals surface area contributed by atoms with Crippen LogP contribution in [0.2, 0.25) is 0 Å². The summed E-state index contributed by atoms with van der Waals surface area (Å²) in [6.07, 6.45) is 3.47. The number of nitrogens with one attached hydrogen (secondary N) is 1. The van der Waals surface area contributed by atoms with Gasteiger partial charge in [0, 0.05) is 25.4 Å². The van der Waals surface area contributed by atoms with Gasteiger partial charge in [-0.25, -0.2) is 4.39 Å².